The second kappa shape index (κ2) is 6.09. The van der Waals surface area contributed by atoms with E-state index >= 15 is 0 Å². The molecule has 110 valence electrons. The van der Waals surface area contributed by atoms with Crippen molar-refractivity contribution in [1.29, 1.82) is 0 Å². The van der Waals surface area contributed by atoms with Crippen molar-refractivity contribution in [1.82, 2.24) is 9.97 Å². The van der Waals surface area contributed by atoms with E-state index in [9.17, 15) is 18.0 Å². The van der Waals surface area contributed by atoms with Crippen molar-refractivity contribution < 1.29 is 22.7 Å². The molecule has 2 aromatic heterocycles. The van der Waals surface area contributed by atoms with Crippen LogP contribution in [0.1, 0.15) is 11.1 Å². The van der Waals surface area contributed by atoms with Gasteiger partial charge in [0.05, 0.1) is 11.8 Å². The molecule has 8 heteroatoms. The molecule has 2 rings (SSSR count). The molecule has 0 N–H and O–H groups in total. The summed E-state index contributed by atoms with van der Waals surface area (Å²) in [7, 11) is 0. The van der Waals surface area contributed by atoms with E-state index in [4.69, 9.17) is 16.3 Å². The number of halogens is 4. The summed E-state index contributed by atoms with van der Waals surface area (Å²) in [5, 5.41) is 0.229. The summed E-state index contributed by atoms with van der Waals surface area (Å²) >= 11 is 5.59. The molecular weight excluding hydrogens is 309 g/mol. The molecule has 0 atom stereocenters. The molecule has 0 aromatic carbocycles. The Morgan fingerprint density at radius 3 is 2.57 bits per heavy atom. The van der Waals surface area contributed by atoms with E-state index in [0.717, 1.165) is 12.3 Å². The minimum Gasteiger partial charge on any atom is -0.437 e. The Kier molecular flexibility index (Phi) is 4.42. The maximum Gasteiger partial charge on any atom is 0.416 e. The molecule has 2 heterocycles. The van der Waals surface area contributed by atoms with E-state index in [1.807, 2.05) is 0 Å². The first-order chi connectivity index (χ1) is 9.90. The van der Waals surface area contributed by atoms with Gasteiger partial charge in [0, 0.05) is 18.7 Å². The number of hydrogen-bond donors (Lipinski definition) is 0. The van der Waals surface area contributed by atoms with Gasteiger partial charge in [-0.2, -0.15) is 13.2 Å². The largest absolute Gasteiger partial charge is 0.437 e. The molecule has 0 spiro atoms. The van der Waals surface area contributed by atoms with Crippen molar-refractivity contribution in [3.63, 3.8) is 0 Å². The fourth-order valence-electron chi connectivity index (χ4n) is 1.58. The molecule has 0 radical (unpaired) electrons. The van der Waals surface area contributed by atoms with E-state index in [1.54, 1.807) is 0 Å². The van der Waals surface area contributed by atoms with Gasteiger partial charge in [0.15, 0.2) is 0 Å². The molecule has 0 bridgehead atoms. The van der Waals surface area contributed by atoms with Crippen molar-refractivity contribution in [2.45, 2.75) is 12.6 Å². The van der Waals surface area contributed by atoms with Crippen LogP contribution in [0.2, 0.25) is 5.15 Å². The molecule has 0 aliphatic rings. The lowest BCUT2D eigenvalue weighted by atomic mass is 10.1. The summed E-state index contributed by atoms with van der Waals surface area (Å²) in [5.41, 5.74) is -1.17. The normalized spacial score (nSPS) is 11.2. The molecule has 21 heavy (non-hydrogen) atoms. The number of ether oxygens (including phenoxy) is 1. The molecule has 0 saturated heterocycles. The number of nitrogens with zero attached hydrogens (tertiary/aromatic N) is 2. The highest BCUT2D eigenvalue weighted by Crippen LogP contribution is 2.34. The lowest BCUT2D eigenvalue weighted by Gasteiger charge is -2.12. The third kappa shape index (κ3) is 3.91. The first-order valence-corrected chi connectivity index (χ1v) is 6.07. The second-order valence-corrected chi connectivity index (χ2v) is 4.35. The fourth-order valence-corrected chi connectivity index (χ4v) is 1.69. The first-order valence-electron chi connectivity index (χ1n) is 5.69. The standard InChI is InChI=1S/C13H8ClF3N2O2/c14-11-2-1-9(7-18-11)21-12-5-10(13(15,16)17)8(3-4-20)6-19-12/h1-2,4-7H,3H2. The van der Waals surface area contributed by atoms with E-state index in [0.29, 0.717) is 6.29 Å². The highest BCUT2D eigenvalue weighted by atomic mass is 35.5. The Morgan fingerprint density at radius 2 is 2.00 bits per heavy atom. The Balaban J connectivity index is 2.33. The number of carbonyl (C=O) groups is 1. The van der Waals surface area contributed by atoms with Crippen LogP contribution in [0.25, 0.3) is 0 Å². The second-order valence-electron chi connectivity index (χ2n) is 3.97. The number of carbonyl (C=O) groups excluding carboxylic acids is 1. The zero-order valence-corrected chi connectivity index (χ0v) is 11.1. The predicted octanol–water partition coefficient (Wildman–Crippen LogP) is 3.68. The van der Waals surface area contributed by atoms with Gasteiger partial charge in [-0.25, -0.2) is 9.97 Å². The third-order valence-electron chi connectivity index (χ3n) is 2.49. The van der Waals surface area contributed by atoms with Crippen LogP contribution >= 0.6 is 11.6 Å². The van der Waals surface area contributed by atoms with Gasteiger partial charge in [0.2, 0.25) is 5.88 Å². The van der Waals surface area contributed by atoms with Crippen LogP contribution in [0.15, 0.2) is 30.6 Å². The molecule has 0 fully saturated rings. The van der Waals surface area contributed by atoms with Crippen molar-refractivity contribution in [3.8, 4) is 11.6 Å². The summed E-state index contributed by atoms with van der Waals surface area (Å²) < 4.78 is 43.9. The number of rotatable bonds is 4. The average Bonchev–Trinajstić information content (AvgIpc) is 2.42. The average molecular weight is 317 g/mol. The Labute approximate surface area is 122 Å². The quantitative estimate of drug-likeness (QED) is 0.638. The topological polar surface area (TPSA) is 52.1 Å². The SMILES string of the molecule is O=CCc1cnc(Oc2ccc(Cl)nc2)cc1C(F)(F)F. The van der Waals surface area contributed by atoms with Crippen molar-refractivity contribution >= 4 is 17.9 Å². The zero-order valence-electron chi connectivity index (χ0n) is 10.4. The Hall–Kier alpha value is -2.15. The van der Waals surface area contributed by atoms with Crippen LogP contribution in [0.4, 0.5) is 13.2 Å². The summed E-state index contributed by atoms with van der Waals surface area (Å²) in [4.78, 5) is 17.9. The summed E-state index contributed by atoms with van der Waals surface area (Å²) in [5.74, 6) is -0.0516. The van der Waals surface area contributed by atoms with Gasteiger partial charge in [-0.1, -0.05) is 11.6 Å². The van der Waals surface area contributed by atoms with Crippen molar-refractivity contribution in [2.24, 2.45) is 0 Å². The van der Waals surface area contributed by atoms with Gasteiger partial charge in [-0.15, -0.1) is 0 Å². The lowest BCUT2D eigenvalue weighted by molar-refractivity contribution is -0.138. The summed E-state index contributed by atoms with van der Waals surface area (Å²) in [6.07, 6.45) is -2.36. The number of aldehydes is 1. The molecule has 0 saturated carbocycles. The van der Waals surface area contributed by atoms with Crippen LogP contribution in [0.5, 0.6) is 11.6 Å². The number of pyridine rings is 2. The van der Waals surface area contributed by atoms with Gasteiger partial charge >= 0.3 is 6.18 Å². The van der Waals surface area contributed by atoms with Crippen LogP contribution in [0, 0.1) is 0 Å². The molecule has 4 nitrogen and oxygen atoms in total. The molecule has 0 aliphatic carbocycles. The first kappa shape index (κ1) is 15.2. The fraction of sp³-hybridized carbons (Fsp3) is 0.154. The van der Waals surface area contributed by atoms with Gasteiger partial charge < -0.3 is 9.53 Å². The predicted molar refractivity (Wildman–Crippen MR) is 68.3 cm³/mol. The van der Waals surface area contributed by atoms with E-state index < -0.39 is 11.7 Å². The Bertz CT molecular complexity index is 645. The Morgan fingerprint density at radius 1 is 1.24 bits per heavy atom. The number of alkyl halides is 3. The van der Waals surface area contributed by atoms with Gasteiger partial charge in [-0.05, 0) is 17.7 Å². The van der Waals surface area contributed by atoms with Crippen LogP contribution in [-0.4, -0.2) is 16.3 Å². The minimum absolute atomic E-state index is 0.197. The molecule has 0 unspecified atom stereocenters. The monoisotopic (exact) mass is 316 g/mol. The maximum atomic E-state index is 12.9. The van der Waals surface area contributed by atoms with Crippen LogP contribution in [0.3, 0.4) is 0 Å². The lowest BCUT2D eigenvalue weighted by Crippen LogP contribution is -2.10. The van der Waals surface area contributed by atoms with Gasteiger partial charge in [0.1, 0.15) is 17.2 Å². The van der Waals surface area contributed by atoms with Crippen molar-refractivity contribution in [2.75, 3.05) is 0 Å². The molecule has 0 amide bonds. The molecule has 0 aliphatic heterocycles. The minimum atomic E-state index is -4.60. The highest BCUT2D eigenvalue weighted by Gasteiger charge is 2.34. The van der Waals surface area contributed by atoms with Crippen molar-refractivity contribution in [3.05, 3.63) is 46.9 Å². The highest BCUT2D eigenvalue weighted by molar-refractivity contribution is 6.29. The van der Waals surface area contributed by atoms with E-state index in [1.165, 1.54) is 18.3 Å². The van der Waals surface area contributed by atoms with Crippen LogP contribution in [-0.2, 0) is 17.4 Å². The number of aromatic nitrogens is 2. The summed E-state index contributed by atoms with van der Waals surface area (Å²) in [6, 6.07) is 3.62. The summed E-state index contributed by atoms with van der Waals surface area (Å²) in [6.45, 7) is 0. The van der Waals surface area contributed by atoms with Crippen LogP contribution < -0.4 is 4.74 Å². The van der Waals surface area contributed by atoms with E-state index in [2.05, 4.69) is 9.97 Å². The number of hydrogen-bond acceptors (Lipinski definition) is 4. The molecule has 2 aromatic rings. The smallest absolute Gasteiger partial charge is 0.416 e. The van der Waals surface area contributed by atoms with E-state index in [-0.39, 0.29) is 28.8 Å². The van der Waals surface area contributed by atoms with Gasteiger partial charge in [0.25, 0.3) is 0 Å². The zero-order chi connectivity index (χ0) is 15.5. The molecular formula is C13H8ClF3N2O2. The maximum absolute atomic E-state index is 12.9. The van der Waals surface area contributed by atoms with Gasteiger partial charge in [-0.3, -0.25) is 0 Å². The third-order valence-corrected chi connectivity index (χ3v) is 2.72.